The van der Waals surface area contributed by atoms with Gasteiger partial charge in [-0.2, -0.15) is 0 Å². The van der Waals surface area contributed by atoms with Gasteiger partial charge >= 0.3 is 0 Å². The summed E-state index contributed by atoms with van der Waals surface area (Å²) in [5, 5.41) is 11.9. The van der Waals surface area contributed by atoms with Gasteiger partial charge in [-0.3, -0.25) is 4.57 Å². The van der Waals surface area contributed by atoms with Crippen molar-refractivity contribution < 1.29 is 5.79 Å². The van der Waals surface area contributed by atoms with E-state index in [1.165, 1.54) is 0 Å². The monoisotopic (exact) mass is 455 g/mol. The number of furan rings is 1. The highest BCUT2D eigenvalue weighted by Gasteiger charge is 2.22. The average Bonchev–Trinajstić information content (AvgIpc) is 3.47. The quantitative estimate of drug-likeness (QED) is 0.274. The first kappa shape index (κ1) is 18.9. The molecule has 0 spiro atoms. The number of aromatic nitrogens is 4. The van der Waals surface area contributed by atoms with Crippen molar-refractivity contribution in [1.82, 2.24) is 19.7 Å². The third-order valence-electron chi connectivity index (χ3n) is 6.60. The van der Waals surface area contributed by atoms with Crippen LogP contribution in [0.2, 0.25) is 0 Å². The van der Waals surface area contributed by atoms with E-state index in [1.54, 1.807) is 0 Å². The van der Waals surface area contributed by atoms with Crippen molar-refractivity contribution in [2.75, 3.05) is 0 Å². The predicted octanol–water partition coefficient (Wildman–Crippen LogP) is 7.66. The highest BCUT2D eigenvalue weighted by molar-refractivity contribution is 6.10. The molecule has 0 saturated heterocycles. The first-order chi connectivity index (χ1) is 17.5. The second kappa shape index (κ2) is 7.50. The van der Waals surface area contributed by atoms with E-state index in [0.29, 0.717) is 5.65 Å². The van der Waals surface area contributed by atoms with Crippen LogP contribution in [0.5, 0.6) is 0 Å². The molecule has 0 unspecified atom stereocenters. The minimum atomic E-state index is -0.711. The average molecular weight is 456 g/mol. The van der Waals surface area contributed by atoms with Gasteiger partial charge in [0.25, 0.3) is 0 Å². The van der Waals surface area contributed by atoms with Crippen LogP contribution in [0, 0.1) is 0 Å². The molecule has 0 N–H and O–H groups in total. The van der Waals surface area contributed by atoms with E-state index < -0.39 is 5.89 Å². The number of para-hydroxylation sites is 2. The van der Waals surface area contributed by atoms with E-state index in [4.69, 9.17) is 10.8 Å². The van der Waals surface area contributed by atoms with E-state index in [0.717, 1.165) is 61.0 Å². The lowest BCUT2D eigenvalue weighted by molar-refractivity contribution is 0.667. The molecule has 0 saturated carbocycles. The molecule has 3 aromatic heterocycles. The Labute approximate surface area is 203 Å². The fourth-order valence-corrected chi connectivity index (χ4v) is 4.88. The number of fused-ring (bicyclic) bond motifs is 6. The van der Waals surface area contributed by atoms with Gasteiger partial charge in [-0.05, 0) is 41.8 Å². The van der Waals surface area contributed by atoms with Gasteiger partial charge in [0.05, 0.1) is 11.1 Å². The van der Waals surface area contributed by atoms with Crippen LogP contribution in [0.1, 0.15) is 26.7 Å². The van der Waals surface area contributed by atoms with Gasteiger partial charge in [-0.25, -0.2) is 4.98 Å². The first-order valence-corrected chi connectivity index (χ1v) is 11.6. The molecule has 7 aromatic rings. The van der Waals surface area contributed by atoms with Crippen molar-refractivity contribution in [3.8, 4) is 17.1 Å². The zero-order chi connectivity index (χ0) is 24.4. The summed E-state index contributed by atoms with van der Waals surface area (Å²) < 4.78 is 17.1. The molecule has 7 rings (SSSR count). The summed E-state index contributed by atoms with van der Waals surface area (Å²) in [5.74, 6) is 0.0318. The zero-order valence-corrected chi connectivity index (χ0v) is 19.4. The Morgan fingerprint density at radius 2 is 1.60 bits per heavy atom. The van der Waals surface area contributed by atoms with Gasteiger partial charge in [0.2, 0.25) is 5.65 Å². The largest absolute Gasteiger partial charge is 0.455 e. The Bertz CT molecular complexity index is 1930. The maximum Gasteiger partial charge on any atom is 0.201 e. The van der Waals surface area contributed by atoms with E-state index in [1.807, 2.05) is 74.5 Å². The fourth-order valence-electron chi connectivity index (χ4n) is 4.88. The van der Waals surface area contributed by atoms with Gasteiger partial charge < -0.3 is 4.42 Å². The maximum atomic E-state index is 8.44. The van der Waals surface area contributed by atoms with Crippen LogP contribution in [-0.2, 0) is 0 Å². The van der Waals surface area contributed by atoms with Crippen LogP contribution in [0.3, 0.4) is 0 Å². The molecule has 3 heterocycles. The summed E-state index contributed by atoms with van der Waals surface area (Å²) in [6.07, 6.45) is 0. The van der Waals surface area contributed by atoms with Crippen LogP contribution < -0.4 is 0 Å². The highest BCUT2D eigenvalue weighted by Crippen LogP contribution is 2.39. The van der Waals surface area contributed by atoms with Crippen molar-refractivity contribution in [2.45, 2.75) is 19.7 Å². The van der Waals surface area contributed by atoms with Crippen molar-refractivity contribution in [3.63, 3.8) is 0 Å². The van der Waals surface area contributed by atoms with Crippen LogP contribution in [0.15, 0.2) is 95.4 Å². The minimum Gasteiger partial charge on any atom is -0.455 e. The van der Waals surface area contributed by atoms with Crippen LogP contribution in [0.4, 0.5) is 0 Å². The maximum absolute atomic E-state index is 8.44. The molecular weight excluding hydrogens is 432 g/mol. The van der Waals surface area contributed by atoms with Gasteiger partial charge in [0, 0.05) is 23.2 Å². The Kier molecular flexibility index (Phi) is 4.04. The Hall–Kier alpha value is -4.51. The van der Waals surface area contributed by atoms with Crippen molar-refractivity contribution in [1.29, 1.82) is 0 Å². The molecule has 168 valence electrons. The lowest BCUT2D eigenvalue weighted by Crippen LogP contribution is -1.98. The summed E-state index contributed by atoms with van der Waals surface area (Å²) in [4.78, 5) is 4.99. The molecule has 4 aromatic carbocycles. The fraction of sp³-hybridized carbons (Fsp3) is 0.100. The van der Waals surface area contributed by atoms with E-state index in [9.17, 15) is 0 Å². The number of benzene rings is 4. The van der Waals surface area contributed by atoms with E-state index in [-0.39, 0.29) is 0 Å². The van der Waals surface area contributed by atoms with Crippen LogP contribution in [0.25, 0.3) is 61.1 Å². The Morgan fingerprint density at radius 1 is 0.800 bits per heavy atom. The molecule has 0 amide bonds. The molecule has 0 bridgehead atoms. The third kappa shape index (κ3) is 2.98. The van der Waals surface area contributed by atoms with Gasteiger partial charge in [0.1, 0.15) is 16.7 Å². The second-order valence-electron chi connectivity index (χ2n) is 8.99. The van der Waals surface area contributed by atoms with Crippen LogP contribution in [-0.4, -0.2) is 19.7 Å². The summed E-state index contributed by atoms with van der Waals surface area (Å²) in [5.41, 5.74) is 6.61. The molecule has 5 nitrogen and oxygen atoms in total. The van der Waals surface area contributed by atoms with E-state index >= 15 is 0 Å². The number of imidazole rings is 1. The number of nitrogens with zero attached hydrogens (tertiary/aromatic N) is 4. The lowest BCUT2D eigenvalue weighted by atomic mass is 10.0. The first-order valence-electron chi connectivity index (χ1n) is 12.1. The van der Waals surface area contributed by atoms with Crippen LogP contribution >= 0.6 is 0 Å². The summed E-state index contributed by atoms with van der Waals surface area (Å²) in [6, 6.07) is 30.4. The van der Waals surface area contributed by atoms with Crippen molar-refractivity contribution >= 4 is 44.0 Å². The Balaban J connectivity index is 1.59. The summed E-state index contributed by atoms with van der Waals surface area (Å²) in [7, 11) is 0. The zero-order valence-electron chi connectivity index (χ0n) is 20.4. The molecule has 0 atom stereocenters. The summed E-state index contributed by atoms with van der Waals surface area (Å²) >= 11 is 0. The second-order valence-corrected chi connectivity index (χ2v) is 8.99. The van der Waals surface area contributed by atoms with E-state index in [2.05, 4.69) is 45.1 Å². The number of hydrogen-bond donors (Lipinski definition) is 0. The molecule has 5 heteroatoms. The van der Waals surface area contributed by atoms with Gasteiger partial charge in [-0.1, -0.05) is 74.5 Å². The third-order valence-corrected chi connectivity index (χ3v) is 6.60. The SMILES string of the molecule is [2H]C(C)(C)c1ccc2c(c1)oc1c(-c3nc4nnc5ccccc5c4n3-c3ccccc3)cccc12. The molecule has 0 fully saturated rings. The summed E-state index contributed by atoms with van der Waals surface area (Å²) in [6.45, 7) is 3.77. The Morgan fingerprint density at radius 3 is 2.46 bits per heavy atom. The minimum absolute atomic E-state index is 0.582. The predicted molar refractivity (Wildman–Crippen MR) is 141 cm³/mol. The molecule has 0 aliphatic rings. The van der Waals surface area contributed by atoms with Gasteiger partial charge in [-0.15, -0.1) is 10.2 Å². The number of hydrogen-bond acceptors (Lipinski definition) is 4. The molecule has 0 aliphatic carbocycles. The van der Waals surface area contributed by atoms with Crippen molar-refractivity contribution in [2.24, 2.45) is 0 Å². The number of rotatable bonds is 3. The highest BCUT2D eigenvalue weighted by atomic mass is 16.3. The molecule has 0 radical (unpaired) electrons. The lowest BCUT2D eigenvalue weighted by Gasteiger charge is -2.10. The smallest absolute Gasteiger partial charge is 0.201 e. The normalized spacial score (nSPS) is 12.7. The standard InChI is InChI=1S/C30H22N4O/c1-18(2)19-15-16-21-22-12-8-13-24(28(22)35-26(21)17-19)30-31-29-27(34(30)20-9-4-3-5-10-20)23-11-6-7-14-25(23)32-33-29/h3-18H,1-2H3/i18D. The van der Waals surface area contributed by atoms with Gasteiger partial charge in [0.15, 0.2) is 5.82 Å². The topological polar surface area (TPSA) is 56.7 Å². The molecule has 35 heavy (non-hydrogen) atoms. The molecular formula is C30H22N4O. The van der Waals surface area contributed by atoms with Crippen molar-refractivity contribution in [3.05, 3.63) is 96.6 Å². The molecule has 0 aliphatic heterocycles.